The van der Waals surface area contributed by atoms with Gasteiger partial charge in [-0.2, -0.15) is 5.10 Å². The van der Waals surface area contributed by atoms with Crippen molar-refractivity contribution in [3.63, 3.8) is 0 Å². The zero-order chi connectivity index (χ0) is 12.6. The Morgan fingerprint density at radius 2 is 2.18 bits per heavy atom. The molecule has 0 saturated heterocycles. The van der Waals surface area contributed by atoms with Gasteiger partial charge in [-0.15, -0.1) is 0 Å². The Morgan fingerprint density at radius 3 is 2.59 bits per heavy atom. The van der Waals surface area contributed by atoms with Crippen molar-refractivity contribution in [2.75, 3.05) is 12.3 Å². The average molecular weight is 258 g/mol. The molecular formula is C10H18N4O2S. The van der Waals surface area contributed by atoms with Gasteiger partial charge in [0.25, 0.3) is 0 Å². The number of hydrogen-bond acceptors (Lipinski definition) is 4. The molecule has 0 unspecified atom stereocenters. The van der Waals surface area contributed by atoms with Crippen molar-refractivity contribution in [1.82, 2.24) is 14.5 Å². The van der Waals surface area contributed by atoms with E-state index in [2.05, 4.69) is 9.82 Å². The van der Waals surface area contributed by atoms with Gasteiger partial charge in [0.05, 0.1) is 5.69 Å². The van der Waals surface area contributed by atoms with Gasteiger partial charge in [0, 0.05) is 13.6 Å². The average Bonchev–Trinajstić information content (AvgIpc) is 2.38. The zero-order valence-electron chi connectivity index (χ0n) is 10.1. The second-order valence-corrected chi connectivity index (χ2v) is 6.28. The van der Waals surface area contributed by atoms with Crippen LogP contribution < -0.4 is 10.5 Å². The summed E-state index contributed by atoms with van der Waals surface area (Å²) in [6.45, 7) is 2.19. The molecular weight excluding hydrogens is 240 g/mol. The largest absolute Gasteiger partial charge is 0.381 e. The standard InChI is InChI=1S/C10H18N4O2S/c1-7-9(10(11)13-14(7)2)17(15,16)12-6-8-4-3-5-8/h8,12H,3-6H2,1-2H3,(H2,11,13). The molecule has 0 amide bonds. The molecule has 96 valence electrons. The quantitative estimate of drug-likeness (QED) is 0.817. The SMILES string of the molecule is Cc1c(S(=O)(=O)NCC2CCC2)c(N)nn1C. The first-order chi connectivity index (χ1) is 7.92. The maximum absolute atomic E-state index is 12.1. The van der Waals surface area contributed by atoms with Gasteiger partial charge in [-0.3, -0.25) is 4.68 Å². The third-order valence-corrected chi connectivity index (χ3v) is 4.95. The third kappa shape index (κ3) is 2.30. The predicted molar refractivity (Wildman–Crippen MR) is 64.9 cm³/mol. The maximum atomic E-state index is 12.1. The fourth-order valence-corrected chi connectivity index (χ4v) is 3.38. The van der Waals surface area contributed by atoms with Crippen LogP contribution in [0.2, 0.25) is 0 Å². The second kappa shape index (κ2) is 4.30. The van der Waals surface area contributed by atoms with Crippen molar-refractivity contribution in [1.29, 1.82) is 0 Å². The molecule has 17 heavy (non-hydrogen) atoms. The van der Waals surface area contributed by atoms with E-state index in [1.54, 1.807) is 14.0 Å². The van der Waals surface area contributed by atoms with Crippen molar-refractivity contribution in [3.8, 4) is 0 Å². The molecule has 1 aliphatic rings. The summed E-state index contributed by atoms with van der Waals surface area (Å²) >= 11 is 0. The van der Waals surface area contributed by atoms with Crippen LogP contribution >= 0.6 is 0 Å². The fourth-order valence-electron chi connectivity index (χ4n) is 1.94. The fraction of sp³-hybridized carbons (Fsp3) is 0.700. The lowest BCUT2D eigenvalue weighted by Crippen LogP contribution is -2.32. The molecule has 6 nitrogen and oxygen atoms in total. The lowest BCUT2D eigenvalue weighted by atomic mass is 9.86. The van der Waals surface area contributed by atoms with Gasteiger partial charge in [-0.25, -0.2) is 13.1 Å². The van der Waals surface area contributed by atoms with Crippen LogP contribution in [0.25, 0.3) is 0 Å². The molecule has 0 spiro atoms. The van der Waals surface area contributed by atoms with Crippen LogP contribution in [0.3, 0.4) is 0 Å². The van der Waals surface area contributed by atoms with Crippen molar-refractivity contribution < 1.29 is 8.42 Å². The van der Waals surface area contributed by atoms with Crippen LogP contribution in [-0.4, -0.2) is 24.7 Å². The Hall–Kier alpha value is -1.08. The molecule has 1 aliphatic carbocycles. The molecule has 0 atom stereocenters. The van der Waals surface area contributed by atoms with E-state index in [4.69, 9.17) is 5.73 Å². The smallest absolute Gasteiger partial charge is 0.246 e. The minimum absolute atomic E-state index is 0.0612. The Kier molecular flexibility index (Phi) is 3.13. The summed E-state index contributed by atoms with van der Waals surface area (Å²) in [6, 6.07) is 0. The molecule has 1 aromatic rings. The van der Waals surface area contributed by atoms with E-state index in [1.165, 1.54) is 11.1 Å². The highest BCUT2D eigenvalue weighted by Gasteiger charge is 2.26. The maximum Gasteiger partial charge on any atom is 0.246 e. The molecule has 0 aliphatic heterocycles. The Labute approximate surface area is 101 Å². The monoisotopic (exact) mass is 258 g/mol. The molecule has 0 radical (unpaired) electrons. The number of nitrogens with two attached hydrogens (primary N) is 1. The number of sulfonamides is 1. The summed E-state index contributed by atoms with van der Waals surface area (Å²) in [7, 11) is -1.85. The number of aromatic nitrogens is 2. The summed E-state index contributed by atoms with van der Waals surface area (Å²) in [5.41, 5.74) is 6.19. The normalized spacial score (nSPS) is 17.1. The minimum atomic E-state index is -3.53. The molecule has 1 aromatic heterocycles. The summed E-state index contributed by atoms with van der Waals surface area (Å²) < 4.78 is 28.3. The molecule has 1 fully saturated rings. The number of aryl methyl sites for hydroxylation is 1. The molecule has 1 heterocycles. The Balaban J connectivity index is 2.18. The van der Waals surface area contributed by atoms with Crippen LogP contribution in [0.1, 0.15) is 25.0 Å². The second-order valence-electron chi connectivity index (χ2n) is 4.57. The summed E-state index contributed by atoms with van der Waals surface area (Å²) in [5.74, 6) is 0.536. The van der Waals surface area contributed by atoms with E-state index in [-0.39, 0.29) is 10.7 Å². The number of nitrogens with one attached hydrogen (secondary N) is 1. The van der Waals surface area contributed by atoms with Gasteiger partial charge < -0.3 is 5.73 Å². The zero-order valence-corrected chi connectivity index (χ0v) is 10.9. The van der Waals surface area contributed by atoms with E-state index in [1.807, 2.05) is 0 Å². The van der Waals surface area contributed by atoms with Gasteiger partial charge in [-0.05, 0) is 25.7 Å². The van der Waals surface area contributed by atoms with Crippen molar-refractivity contribution >= 4 is 15.8 Å². The van der Waals surface area contributed by atoms with E-state index < -0.39 is 10.0 Å². The van der Waals surface area contributed by atoms with Gasteiger partial charge >= 0.3 is 0 Å². The van der Waals surface area contributed by atoms with Gasteiger partial charge in [-0.1, -0.05) is 6.42 Å². The molecule has 2 rings (SSSR count). The van der Waals surface area contributed by atoms with Crippen molar-refractivity contribution in [3.05, 3.63) is 5.69 Å². The first kappa shape index (κ1) is 12.4. The number of nitrogens with zero attached hydrogens (tertiary/aromatic N) is 2. The van der Waals surface area contributed by atoms with E-state index >= 15 is 0 Å². The number of hydrogen-bond donors (Lipinski definition) is 2. The van der Waals surface area contributed by atoms with Crippen LogP contribution in [0.5, 0.6) is 0 Å². The highest BCUT2D eigenvalue weighted by atomic mass is 32.2. The van der Waals surface area contributed by atoms with E-state index in [0.717, 1.165) is 12.8 Å². The molecule has 1 saturated carbocycles. The Morgan fingerprint density at radius 1 is 1.53 bits per heavy atom. The van der Waals surface area contributed by atoms with E-state index in [9.17, 15) is 8.42 Å². The van der Waals surface area contributed by atoms with Crippen molar-refractivity contribution in [2.45, 2.75) is 31.1 Å². The summed E-state index contributed by atoms with van der Waals surface area (Å²) in [6.07, 6.45) is 3.40. The van der Waals surface area contributed by atoms with Crippen LogP contribution in [0.15, 0.2) is 4.90 Å². The van der Waals surface area contributed by atoms with Crippen molar-refractivity contribution in [2.24, 2.45) is 13.0 Å². The van der Waals surface area contributed by atoms with Gasteiger partial charge in [0.2, 0.25) is 10.0 Å². The molecule has 0 aromatic carbocycles. The topological polar surface area (TPSA) is 90.0 Å². The highest BCUT2D eigenvalue weighted by Crippen LogP contribution is 2.26. The number of rotatable bonds is 4. The van der Waals surface area contributed by atoms with Gasteiger partial charge in [0.1, 0.15) is 4.90 Å². The summed E-state index contributed by atoms with van der Waals surface area (Å²) in [4.78, 5) is 0.110. The highest BCUT2D eigenvalue weighted by molar-refractivity contribution is 7.89. The van der Waals surface area contributed by atoms with Crippen LogP contribution in [0, 0.1) is 12.8 Å². The first-order valence-corrected chi connectivity index (χ1v) is 7.19. The molecule has 3 N–H and O–H groups in total. The molecule has 0 bridgehead atoms. The molecule has 7 heteroatoms. The first-order valence-electron chi connectivity index (χ1n) is 5.70. The summed E-state index contributed by atoms with van der Waals surface area (Å²) in [5, 5.41) is 3.91. The van der Waals surface area contributed by atoms with Gasteiger partial charge in [0.15, 0.2) is 5.82 Å². The lowest BCUT2D eigenvalue weighted by molar-refractivity contribution is 0.316. The third-order valence-electron chi connectivity index (χ3n) is 3.36. The van der Waals surface area contributed by atoms with Crippen LogP contribution in [0.4, 0.5) is 5.82 Å². The Bertz CT molecular complexity index is 517. The van der Waals surface area contributed by atoms with Crippen LogP contribution in [-0.2, 0) is 17.1 Å². The lowest BCUT2D eigenvalue weighted by Gasteiger charge is -2.25. The minimum Gasteiger partial charge on any atom is -0.381 e. The number of nitrogen functional groups attached to an aromatic ring is 1. The predicted octanol–water partition coefficient (Wildman–Crippen LogP) is 0.389. The van der Waals surface area contributed by atoms with E-state index in [0.29, 0.717) is 18.2 Å². The number of anilines is 1.